The van der Waals surface area contributed by atoms with Gasteiger partial charge in [-0.05, 0) is 43.5 Å². The average Bonchev–Trinajstić information content (AvgIpc) is 3.10. The Labute approximate surface area is 109 Å². The molecule has 0 spiro atoms. The van der Waals surface area contributed by atoms with Crippen molar-refractivity contribution in [3.05, 3.63) is 24.3 Å². The molecule has 1 aromatic carbocycles. The summed E-state index contributed by atoms with van der Waals surface area (Å²) < 4.78 is 0. The van der Waals surface area contributed by atoms with E-state index in [0.29, 0.717) is 12.5 Å². The maximum absolute atomic E-state index is 9.19. The van der Waals surface area contributed by atoms with Crippen molar-refractivity contribution in [3.63, 3.8) is 0 Å². The Morgan fingerprint density at radius 2 is 1.56 bits per heavy atom. The first-order valence-corrected chi connectivity index (χ1v) is 7.07. The van der Waals surface area contributed by atoms with Crippen LogP contribution in [0, 0.1) is 5.92 Å². The fourth-order valence-electron chi connectivity index (χ4n) is 3.07. The van der Waals surface area contributed by atoms with Crippen LogP contribution in [0.1, 0.15) is 19.3 Å². The smallest absolute Gasteiger partial charge is 0.0476 e. The van der Waals surface area contributed by atoms with Crippen LogP contribution in [0.4, 0.5) is 11.4 Å². The van der Waals surface area contributed by atoms with Crippen molar-refractivity contribution in [1.29, 1.82) is 0 Å². The van der Waals surface area contributed by atoms with Crippen molar-refractivity contribution in [3.8, 4) is 0 Å². The normalized spacial score (nSPS) is 23.9. The van der Waals surface area contributed by atoms with Gasteiger partial charge in [-0.1, -0.05) is 0 Å². The summed E-state index contributed by atoms with van der Waals surface area (Å²) >= 11 is 0. The summed E-state index contributed by atoms with van der Waals surface area (Å²) in [6.07, 6.45) is 3.77. The van der Waals surface area contributed by atoms with Crippen LogP contribution in [0.5, 0.6) is 0 Å². The molecule has 2 aliphatic rings. The Morgan fingerprint density at radius 1 is 0.944 bits per heavy atom. The second-order valence-electron chi connectivity index (χ2n) is 5.49. The van der Waals surface area contributed by atoms with Crippen LogP contribution >= 0.6 is 0 Å². The van der Waals surface area contributed by atoms with Crippen molar-refractivity contribution < 1.29 is 5.11 Å². The fraction of sp³-hybridized carbons (Fsp3) is 0.600. The zero-order valence-electron chi connectivity index (χ0n) is 10.9. The van der Waals surface area contributed by atoms with Gasteiger partial charge in [0.25, 0.3) is 0 Å². The number of rotatable bonds is 3. The Balaban J connectivity index is 1.67. The molecule has 2 fully saturated rings. The van der Waals surface area contributed by atoms with Gasteiger partial charge in [0, 0.05) is 50.1 Å². The van der Waals surface area contributed by atoms with E-state index in [1.165, 1.54) is 37.3 Å². The minimum Gasteiger partial charge on any atom is -0.396 e. The molecule has 1 aromatic rings. The lowest BCUT2D eigenvalue weighted by Gasteiger charge is -2.21. The minimum atomic E-state index is 0.322. The van der Waals surface area contributed by atoms with E-state index in [4.69, 9.17) is 0 Å². The molecule has 1 N–H and O–H groups in total. The van der Waals surface area contributed by atoms with Crippen LogP contribution in [0.25, 0.3) is 0 Å². The quantitative estimate of drug-likeness (QED) is 0.885. The lowest BCUT2D eigenvalue weighted by molar-refractivity contribution is 0.238. The molecule has 2 saturated heterocycles. The SMILES string of the molecule is OCC1CCN(c2ccc(N3CCCC3)cc2)C1. The van der Waals surface area contributed by atoms with E-state index in [0.717, 1.165) is 19.5 Å². The zero-order chi connectivity index (χ0) is 12.4. The van der Waals surface area contributed by atoms with Gasteiger partial charge in [-0.15, -0.1) is 0 Å². The van der Waals surface area contributed by atoms with Crippen molar-refractivity contribution in [2.75, 3.05) is 42.6 Å². The molecule has 3 rings (SSSR count). The topological polar surface area (TPSA) is 26.7 Å². The Hall–Kier alpha value is -1.22. The van der Waals surface area contributed by atoms with E-state index in [9.17, 15) is 5.11 Å². The number of hydrogen-bond acceptors (Lipinski definition) is 3. The van der Waals surface area contributed by atoms with E-state index in [1.54, 1.807) is 0 Å². The molecule has 0 aliphatic carbocycles. The van der Waals surface area contributed by atoms with Gasteiger partial charge in [-0.3, -0.25) is 0 Å². The molecule has 0 bridgehead atoms. The molecule has 3 heteroatoms. The van der Waals surface area contributed by atoms with Crippen LogP contribution in [0.2, 0.25) is 0 Å². The zero-order valence-corrected chi connectivity index (χ0v) is 10.9. The summed E-state index contributed by atoms with van der Waals surface area (Å²) in [6, 6.07) is 8.95. The van der Waals surface area contributed by atoms with Crippen molar-refractivity contribution in [2.24, 2.45) is 5.92 Å². The van der Waals surface area contributed by atoms with Gasteiger partial charge in [0.05, 0.1) is 0 Å². The monoisotopic (exact) mass is 246 g/mol. The first kappa shape index (κ1) is 11.8. The first-order valence-electron chi connectivity index (χ1n) is 7.07. The molecule has 0 aromatic heterocycles. The summed E-state index contributed by atoms with van der Waals surface area (Å²) in [6.45, 7) is 4.81. The van der Waals surface area contributed by atoms with Gasteiger partial charge in [0.1, 0.15) is 0 Å². The highest BCUT2D eigenvalue weighted by atomic mass is 16.3. The van der Waals surface area contributed by atoms with Crippen LogP contribution in [0.15, 0.2) is 24.3 Å². The molecule has 1 unspecified atom stereocenters. The first-order chi connectivity index (χ1) is 8.86. The third-order valence-electron chi connectivity index (χ3n) is 4.23. The molecular formula is C15H22N2O. The highest BCUT2D eigenvalue weighted by Gasteiger charge is 2.22. The van der Waals surface area contributed by atoms with E-state index >= 15 is 0 Å². The fourth-order valence-corrected chi connectivity index (χ4v) is 3.07. The molecule has 98 valence electrons. The van der Waals surface area contributed by atoms with Gasteiger partial charge in [0.15, 0.2) is 0 Å². The van der Waals surface area contributed by atoms with E-state index in [1.807, 2.05) is 0 Å². The molecule has 3 nitrogen and oxygen atoms in total. The third-order valence-corrected chi connectivity index (χ3v) is 4.23. The van der Waals surface area contributed by atoms with Crippen molar-refractivity contribution >= 4 is 11.4 Å². The summed E-state index contributed by atoms with van der Waals surface area (Å²) in [7, 11) is 0. The third kappa shape index (κ3) is 2.32. The van der Waals surface area contributed by atoms with Crippen LogP contribution in [-0.4, -0.2) is 37.9 Å². The number of aliphatic hydroxyl groups is 1. The van der Waals surface area contributed by atoms with E-state index in [-0.39, 0.29) is 0 Å². The molecule has 1 atom stereocenters. The summed E-state index contributed by atoms with van der Waals surface area (Å²) in [5, 5.41) is 9.19. The van der Waals surface area contributed by atoms with E-state index < -0.39 is 0 Å². The number of anilines is 2. The second kappa shape index (κ2) is 5.19. The highest BCUT2D eigenvalue weighted by Crippen LogP contribution is 2.27. The largest absolute Gasteiger partial charge is 0.396 e. The van der Waals surface area contributed by atoms with Gasteiger partial charge in [-0.25, -0.2) is 0 Å². The number of aliphatic hydroxyl groups excluding tert-OH is 1. The lowest BCUT2D eigenvalue weighted by Crippen LogP contribution is -2.21. The van der Waals surface area contributed by atoms with E-state index in [2.05, 4.69) is 34.1 Å². The Kier molecular flexibility index (Phi) is 3.41. The number of hydrogen-bond donors (Lipinski definition) is 1. The van der Waals surface area contributed by atoms with Crippen LogP contribution < -0.4 is 9.80 Å². The molecule has 0 saturated carbocycles. The molecule has 0 amide bonds. The maximum atomic E-state index is 9.19. The molecule has 18 heavy (non-hydrogen) atoms. The number of benzene rings is 1. The summed E-state index contributed by atoms with van der Waals surface area (Å²) in [5.41, 5.74) is 2.66. The van der Waals surface area contributed by atoms with Crippen molar-refractivity contribution in [1.82, 2.24) is 0 Å². The molecule has 2 heterocycles. The maximum Gasteiger partial charge on any atom is 0.0476 e. The molecule has 0 radical (unpaired) electrons. The standard InChI is InChI=1S/C15H22N2O/c18-12-13-7-10-17(11-13)15-5-3-14(4-6-15)16-8-1-2-9-16/h3-6,13,18H,1-2,7-12H2. The van der Waals surface area contributed by atoms with Gasteiger partial charge >= 0.3 is 0 Å². The van der Waals surface area contributed by atoms with Crippen LogP contribution in [0.3, 0.4) is 0 Å². The highest BCUT2D eigenvalue weighted by molar-refractivity contribution is 5.57. The van der Waals surface area contributed by atoms with Gasteiger partial charge in [0.2, 0.25) is 0 Å². The van der Waals surface area contributed by atoms with Gasteiger partial charge in [-0.2, -0.15) is 0 Å². The Bertz CT molecular complexity index is 384. The van der Waals surface area contributed by atoms with Crippen LogP contribution in [-0.2, 0) is 0 Å². The minimum absolute atomic E-state index is 0.322. The predicted molar refractivity (Wildman–Crippen MR) is 75.3 cm³/mol. The molecular weight excluding hydrogens is 224 g/mol. The Morgan fingerprint density at radius 3 is 2.11 bits per heavy atom. The van der Waals surface area contributed by atoms with Gasteiger partial charge < -0.3 is 14.9 Å². The average molecular weight is 246 g/mol. The lowest BCUT2D eigenvalue weighted by atomic mass is 10.1. The predicted octanol–water partition coefficient (Wildman–Crippen LogP) is 2.11. The van der Waals surface area contributed by atoms with Crippen molar-refractivity contribution in [2.45, 2.75) is 19.3 Å². The number of nitrogens with zero attached hydrogens (tertiary/aromatic N) is 2. The summed E-state index contributed by atoms with van der Waals surface area (Å²) in [4.78, 5) is 4.85. The second-order valence-corrected chi connectivity index (χ2v) is 5.49. The summed E-state index contributed by atoms with van der Waals surface area (Å²) in [5.74, 6) is 0.461. The molecule has 2 aliphatic heterocycles.